The molecule has 0 radical (unpaired) electrons. The molecular weight excluding hydrogens is 260 g/mol. The summed E-state index contributed by atoms with van der Waals surface area (Å²) in [6.45, 7) is 8.42. The average molecular weight is 288 g/mol. The summed E-state index contributed by atoms with van der Waals surface area (Å²) in [7, 11) is 2.20. The molecule has 1 aliphatic carbocycles. The molecule has 0 aromatic heterocycles. The average Bonchev–Trinajstić information content (AvgIpc) is 2.97. The first kappa shape index (κ1) is 14.9. The molecule has 1 aromatic rings. The van der Waals surface area contributed by atoms with E-state index in [4.69, 9.17) is 10.5 Å². The highest BCUT2D eigenvalue weighted by Crippen LogP contribution is 2.43. The number of nitrogens with two attached hydrogens (primary N) is 1. The minimum atomic E-state index is -0.0961. The van der Waals surface area contributed by atoms with Gasteiger partial charge in [-0.2, -0.15) is 0 Å². The molecule has 1 fully saturated rings. The minimum Gasteiger partial charge on any atom is -0.487 e. The van der Waals surface area contributed by atoms with Gasteiger partial charge in [-0.25, -0.2) is 0 Å². The lowest BCUT2D eigenvalue weighted by Crippen LogP contribution is -2.33. The van der Waals surface area contributed by atoms with Crippen molar-refractivity contribution in [3.8, 4) is 5.75 Å². The summed E-state index contributed by atoms with van der Waals surface area (Å²) in [4.78, 5) is 2.42. The van der Waals surface area contributed by atoms with E-state index in [1.807, 2.05) is 0 Å². The Morgan fingerprint density at radius 1 is 1.43 bits per heavy atom. The zero-order valence-electron chi connectivity index (χ0n) is 13.7. The van der Waals surface area contributed by atoms with Crippen molar-refractivity contribution in [2.75, 3.05) is 20.1 Å². The van der Waals surface area contributed by atoms with E-state index >= 15 is 0 Å². The summed E-state index contributed by atoms with van der Waals surface area (Å²) in [6, 6.07) is 6.77. The van der Waals surface area contributed by atoms with Gasteiger partial charge in [0.05, 0.1) is 6.04 Å². The molecule has 2 aliphatic rings. The molecule has 0 bridgehead atoms. The first-order chi connectivity index (χ1) is 9.91. The number of hydrogen-bond donors (Lipinski definition) is 1. The van der Waals surface area contributed by atoms with Crippen molar-refractivity contribution in [3.63, 3.8) is 0 Å². The molecule has 3 atom stereocenters. The van der Waals surface area contributed by atoms with Crippen LogP contribution in [0.2, 0.25) is 0 Å². The lowest BCUT2D eigenvalue weighted by molar-refractivity contribution is 0.133. The summed E-state index contributed by atoms with van der Waals surface area (Å²) >= 11 is 0. The van der Waals surface area contributed by atoms with Crippen molar-refractivity contribution in [2.45, 2.75) is 45.3 Å². The van der Waals surface area contributed by atoms with Crippen LogP contribution < -0.4 is 10.5 Å². The smallest absolute Gasteiger partial charge is 0.128 e. The zero-order valence-corrected chi connectivity index (χ0v) is 13.7. The number of nitrogens with zero attached hydrogens (tertiary/aromatic N) is 1. The van der Waals surface area contributed by atoms with Crippen LogP contribution in [-0.4, -0.2) is 30.6 Å². The summed E-state index contributed by atoms with van der Waals surface area (Å²) in [5.74, 6) is 2.80. The fraction of sp³-hybridized carbons (Fsp3) is 0.667. The van der Waals surface area contributed by atoms with E-state index in [0.717, 1.165) is 30.6 Å². The van der Waals surface area contributed by atoms with E-state index in [1.165, 1.54) is 17.5 Å². The summed E-state index contributed by atoms with van der Waals surface area (Å²) in [6.07, 6.45) is 2.34. The highest BCUT2D eigenvalue weighted by molar-refractivity contribution is 5.47. The quantitative estimate of drug-likeness (QED) is 0.905. The summed E-state index contributed by atoms with van der Waals surface area (Å²) < 4.78 is 6.22. The van der Waals surface area contributed by atoms with Crippen molar-refractivity contribution in [2.24, 2.45) is 17.6 Å². The summed E-state index contributed by atoms with van der Waals surface area (Å²) in [5.41, 5.74) is 8.59. The van der Waals surface area contributed by atoms with E-state index in [2.05, 4.69) is 50.9 Å². The number of para-hydroxylation sites is 1. The molecule has 3 heteroatoms. The number of likely N-dealkylation sites (N-methyl/N-ethyl adjacent to an activating group) is 1. The van der Waals surface area contributed by atoms with Gasteiger partial charge in [-0.1, -0.05) is 25.1 Å². The monoisotopic (exact) mass is 288 g/mol. The second kappa shape index (κ2) is 5.29. The molecular formula is C18H28N2O. The molecule has 1 aromatic carbocycles. The Balaban J connectivity index is 1.83. The highest BCUT2D eigenvalue weighted by Gasteiger charge is 2.37. The predicted octanol–water partition coefficient (Wildman–Crippen LogP) is 2.99. The Labute approximate surface area is 128 Å². The van der Waals surface area contributed by atoms with Gasteiger partial charge in [0.15, 0.2) is 0 Å². The van der Waals surface area contributed by atoms with Crippen LogP contribution in [0.15, 0.2) is 18.2 Å². The Hall–Kier alpha value is -1.06. The first-order valence-electron chi connectivity index (χ1n) is 8.12. The van der Waals surface area contributed by atoms with Crippen LogP contribution in [0.25, 0.3) is 0 Å². The molecule has 1 heterocycles. The highest BCUT2D eigenvalue weighted by atomic mass is 16.5. The van der Waals surface area contributed by atoms with E-state index in [0.29, 0.717) is 6.54 Å². The van der Waals surface area contributed by atoms with E-state index in [9.17, 15) is 0 Å². The molecule has 21 heavy (non-hydrogen) atoms. The SMILES string of the molecule is CC1CC1CN(C)C(CN)c1cccc2c1OC(C)(C)C2. The van der Waals surface area contributed by atoms with Crippen molar-refractivity contribution in [1.82, 2.24) is 4.90 Å². The van der Waals surface area contributed by atoms with Gasteiger partial charge >= 0.3 is 0 Å². The zero-order chi connectivity index (χ0) is 15.2. The van der Waals surface area contributed by atoms with Gasteiger partial charge in [0, 0.05) is 25.1 Å². The van der Waals surface area contributed by atoms with Crippen molar-refractivity contribution in [3.05, 3.63) is 29.3 Å². The fourth-order valence-corrected chi connectivity index (χ4v) is 3.60. The van der Waals surface area contributed by atoms with Gasteiger partial charge in [-0.3, -0.25) is 4.90 Å². The Kier molecular flexibility index (Phi) is 3.74. The molecule has 2 N–H and O–H groups in total. The van der Waals surface area contributed by atoms with Crippen LogP contribution in [0.1, 0.15) is 44.4 Å². The molecule has 0 saturated heterocycles. The minimum absolute atomic E-state index is 0.0961. The molecule has 116 valence electrons. The number of benzene rings is 1. The largest absolute Gasteiger partial charge is 0.487 e. The Morgan fingerprint density at radius 2 is 2.14 bits per heavy atom. The van der Waals surface area contributed by atoms with Gasteiger partial charge in [-0.05, 0) is 44.7 Å². The third-order valence-corrected chi connectivity index (χ3v) is 5.03. The fourth-order valence-electron chi connectivity index (χ4n) is 3.60. The van der Waals surface area contributed by atoms with Crippen LogP contribution in [0.3, 0.4) is 0 Å². The molecule has 3 rings (SSSR count). The van der Waals surface area contributed by atoms with Gasteiger partial charge in [0.25, 0.3) is 0 Å². The number of hydrogen-bond acceptors (Lipinski definition) is 3. The lowest BCUT2D eigenvalue weighted by atomic mass is 9.97. The van der Waals surface area contributed by atoms with Crippen LogP contribution in [0.4, 0.5) is 0 Å². The normalized spacial score (nSPS) is 27.3. The van der Waals surface area contributed by atoms with E-state index in [1.54, 1.807) is 0 Å². The third-order valence-electron chi connectivity index (χ3n) is 5.03. The second-order valence-electron chi connectivity index (χ2n) is 7.54. The van der Waals surface area contributed by atoms with E-state index in [-0.39, 0.29) is 11.6 Å². The van der Waals surface area contributed by atoms with Crippen LogP contribution in [-0.2, 0) is 6.42 Å². The van der Waals surface area contributed by atoms with Crippen molar-refractivity contribution >= 4 is 0 Å². The van der Waals surface area contributed by atoms with Crippen LogP contribution in [0.5, 0.6) is 5.75 Å². The molecule has 1 aliphatic heterocycles. The van der Waals surface area contributed by atoms with E-state index < -0.39 is 0 Å². The summed E-state index contributed by atoms with van der Waals surface area (Å²) in [5, 5.41) is 0. The topological polar surface area (TPSA) is 38.5 Å². The van der Waals surface area contributed by atoms with Crippen molar-refractivity contribution in [1.29, 1.82) is 0 Å². The Morgan fingerprint density at radius 3 is 2.76 bits per heavy atom. The van der Waals surface area contributed by atoms with Crippen molar-refractivity contribution < 1.29 is 4.74 Å². The predicted molar refractivity (Wildman–Crippen MR) is 86.5 cm³/mol. The maximum atomic E-state index is 6.22. The standard InChI is InChI=1S/C18H28N2O/c1-12-8-14(12)11-20(4)16(10-19)15-7-5-6-13-9-18(2,3)21-17(13)15/h5-7,12,14,16H,8-11,19H2,1-4H3. The van der Waals surface area contributed by atoms with Gasteiger partial charge in [0.1, 0.15) is 11.4 Å². The maximum absolute atomic E-state index is 6.22. The van der Waals surface area contributed by atoms with Crippen LogP contribution >= 0.6 is 0 Å². The lowest BCUT2D eigenvalue weighted by Gasteiger charge is -2.29. The number of rotatable bonds is 5. The molecule has 0 amide bonds. The third kappa shape index (κ3) is 2.95. The second-order valence-corrected chi connectivity index (χ2v) is 7.54. The van der Waals surface area contributed by atoms with Gasteiger partial charge in [0.2, 0.25) is 0 Å². The maximum Gasteiger partial charge on any atom is 0.128 e. The van der Waals surface area contributed by atoms with Crippen LogP contribution in [0, 0.1) is 11.8 Å². The number of fused-ring (bicyclic) bond motifs is 1. The number of ether oxygens (including phenoxy) is 1. The molecule has 3 unspecified atom stereocenters. The first-order valence-corrected chi connectivity index (χ1v) is 8.12. The Bertz CT molecular complexity index is 526. The van der Waals surface area contributed by atoms with Gasteiger partial charge < -0.3 is 10.5 Å². The molecule has 3 nitrogen and oxygen atoms in total. The van der Waals surface area contributed by atoms with Gasteiger partial charge in [-0.15, -0.1) is 0 Å². The molecule has 0 spiro atoms. The molecule has 1 saturated carbocycles.